The normalized spacial score (nSPS) is 10.8. The highest BCUT2D eigenvalue weighted by Crippen LogP contribution is 2.36. The molecule has 17 heavy (non-hydrogen) atoms. The number of phenols is 2. The second-order valence-electron chi connectivity index (χ2n) is 4.86. The van der Waals surface area contributed by atoms with Crippen LogP contribution in [-0.2, 0) is 6.42 Å². The molecule has 2 heteroatoms. The molecule has 2 N–H and O–H groups in total. The summed E-state index contributed by atoms with van der Waals surface area (Å²) in [5, 5.41) is 20.1. The molecule has 0 aliphatic carbocycles. The molecule has 0 saturated heterocycles. The van der Waals surface area contributed by atoms with Crippen molar-refractivity contribution >= 4 is 0 Å². The molecule has 0 aliphatic heterocycles. The molecule has 0 aromatic heterocycles. The predicted octanol–water partition coefficient (Wildman–Crippen LogP) is 4.15. The van der Waals surface area contributed by atoms with E-state index >= 15 is 0 Å². The average molecular weight is 236 g/mol. The van der Waals surface area contributed by atoms with Gasteiger partial charge in [-0.05, 0) is 50.3 Å². The van der Waals surface area contributed by atoms with Gasteiger partial charge >= 0.3 is 0 Å². The minimum Gasteiger partial charge on any atom is -0.507 e. The zero-order valence-corrected chi connectivity index (χ0v) is 11.4. The fraction of sp³-hybridized carbons (Fsp3) is 0.600. The Morgan fingerprint density at radius 1 is 0.765 bits per heavy atom. The molecule has 1 aromatic carbocycles. The van der Waals surface area contributed by atoms with E-state index in [9.17, 15) is 10.2 Å². The Bertz CT molecular complexity index is 365. The fourth-order valence-electron chi connectivity index (χ4n) is 2.22. The largest absolute Gasteiger partial charge is 0.507 e. The van der Waals surface area contributed by atoms with Crippen LogP contribution in [0, 0.1) is 20.8 Å². The van der Waals surface area contributed by atoms with Gasteiger partial charge in [-0.1, -0.05) is 26.2 Å². The third kappa shape index (κ3) is 2.93. The summed E-state index contributed by atoms with van der Waals surface area (Å²) in [6, 6.07) is 0. The van der Waals surface area contributed by atoms with Gasteiger partial charge in [0.2, 0.25) is 0 Å². The molecule has 1 rings (SSSR count). The summed E-state index contributed by atoms with van der Waals surface area (Å²) >= 11 is 0. The van der Waals surface area contributed by atoms with Crippen LogP contribution >= 0.6 is 0 Å². The van der Waals surface area contributed by atoms with E-state index in [1.807, 2.05) is 20.8 Å². The van der Waals surface area contributed by atoms with Crippen LogP contribution in [0.5, 0.6) is 11.5 Å². The van der Waals surface area contributed by atoms with Crippen molar-refractivity contribution in [1.82, 2.24) is 0 Å². The first kappa shape index (κ1) is 13.9. The minimum atomic E-state index is 0.339. The van der Waals surface area contributed by atoms with Gasteiger partial charge in [0.05, 0.1) is 0 Å². The van der Waals surface area contributed by atoms with Gasteiger partial charge in [-0.2, -0.15) is 0 Å². The average Bonchev–Trinajstić information content (AvgIpc) is 2.33. The maximum Gasteiger partial charge on any atom is 0.122 e. The smallest absolute Gasteiger partial charge is 0.122 e. The Labute approximate surface area is 104 Å². The lowest BCUT2D eigenvalue weighted by molar-refractivity contribution is 0.442. The minimum absolute atomic E-state index is 0.339. The van der Waals surface area contributed by atoms with Crippen molar-refractivity contribution in [3.63, 3.8) is 0 Å². The molecule has 1 aromatic rings. The maximum absolute atomic E-state index is 10.1. The SMILES string of the molecule is CCCCCCc1c(C)c(O)c(C)c(C)c1O. The van der Waals surface area contributed by atoms with Crippen molar-refractivity contribution in [3.8, 4) is 11.5 Å². The highest BCUT2D eigenvalue weighted by Gasteiger charge is 2.15. The summed E-state index contributed by atoms with van der Waals surface area (Å²) in [4.78, 5) is 0. The van der Waals surface area contributed by atoms with Gasteiger partial charge in [0.1, 0.15) is 11.5 Å². The molecule has 0 fully saturated rings. The zero-order chi connectivity index (χ0) is 13.0. The van der Waals surface area contributed by atoms with E-state index < -0.39 is 0 Å². The summed E-state index contributed by atoms with van der Waals surface area (Å²) in [6.07, 6.45) is 5.55. The summed E-state index contributed by atoms with van der Waals surface area (Å²) in [5.74, 6) is 0.708. The Morgan fingerprint density at radius 3 is 1.94 bits per heavy atom. The molecule has 0 saturated carbocycles. The first-order valence-corrected chi connectivity index (χ1v) is 6.51. The van der Waals surface area contributed by atoms with E-state index in [4.69, 9.17) is 0 Å². The van der Waals surface area contributed by atoms with E-state index in [2.05, 4.69) is 6.92 Å². The zero-order valence-electron chi connectivity index (χ0n) is 11.4. The van der Waals surface area contributed by atoms with Gasteiger partial charge < -0.3 is 10.2 Å². The summed E-state index contributed by atoms with van der Waals surface area (Å²) in [7, 11) is 0. The first-order chi connectivity index (χ1) is 8.00. The summed E-state index contributed by atoms with van der Waals surface area (Å²) in [5.41, 5.74) is 3.35. The standard InChI is InChI=1S/C15H24O2/c1-5-6-7-8-9-13-12(4)14(16)10(2)11(3)15(13)17/h16-17H,5-9H2,1-4H3. The number of hydrogen-bond acceptors (Lipinski definition) is 2. The molecule has 0 aliphatic rings. The molecule has 0 heterocycles. The number of rotatable bonds is 5. The number of unbranched alkanes of at least 4 members (excludes halogenated alkanes) is 3. The summed E-state index contributed by atoms with van der Waals surface area (Å²) in [6.45, 7) is 7.78. The van der Waals surface area contributed by atoms with Crippen molar-refractivity contribution in [2.24, 2.45) is 0 Å². The molecule has 0 unspecified atom stereocenters. The van der Waals surface area contributed by atoms with Gasteiger partial charge in [-0.15, -0.1) is 0 Å². The van der Waals surface area contributed by atoms with E-state index in [0.717, 1.165) is 35.1 Å². The van der Waals surface area contributed by atoms with Crippen molar-refractivity contribution in [1.29, 1.82) is 0 Å². The number of aromatic hydroxyl groups is 2. The molecule has 2 nitrogen and oxygen atoms in total. The van der Waals surface area contributed by atoms with E-state index in [0.29, 0.717) is 11.5 Å². The van der Waals surface area contributed by atoms with Crippen LogP contribution < -0.4 is 0 Å². The van der Waals surface area contributed by atoms with Gasteiger partial charge in [0.15, 0.2) is 0 Å². The second kappa shape index (κ2) is 5.95. The second-order valence-corrected chi connectivity index (χ2v) is 4.86. The maximum atomic E-state index is 10.1. The molecule has 0 bridgehead atoms. The predicted molar refractivity (Wildman–Crippen MR) is 71.8 cm³/mol. The third-order valence-corrected chi connectivity index (χ3v) is 3.65. The monoisotopic (exact) mass is 236 g/mol. The Kier molecular flexibility index (Phi) is 4.86. The van der Waals surface area contributed by atoms with Crippen molar-refractivity contribution < 1.29 is 10.2 Å². The molecule has 96 valence electrons. The van der Waals surface area contributed by atoms with Crippen LogP contribution in [0.3, 0.4) is 0 Å². The molecule has 0 spiro atoms. The molecule has 0 amide bonds. The van der Waals surface area contributed by atoms with E-state index in [-0.39, 0.29) is 0 Å². The van der Waals surface area contributed by atoms with Gasteiger partial charge in [0, 0.05) is 5.56 Å². The van der Waals surface area contributed by atoms with E-state index in [1.54, 1.807) is 0 Å². The topological polar surface area (TPSA) is 40.5 Å². The fourth-order valence-corrected chi connectivity index (χ4v) is 2.22. The highest BCUT2D eigenvalue weighted by molar-refractivity contribution is 5.56. The van der Waals surface area contributed by atoms with Crippen LogP contribution in [0.4, 0.5) is 0 Å². The summed E-state index contributed by atoms with van der Waals surface area (Å²) < 4.78 is 0. The van der Waals surface area contributed by atoms with Crippen LogP contribution in [0.2, 0.25) is 0 Å². The highest BCUT2D eigenvalue weighted by atomic mass is 16.3. The molecule has 0 radical (unpaired) electrons. The quantitative estimate of drug-likeness (QED) is 0.595. The first-order valence-electron chi connectivity index (χ1n) is 6.51. The molecule has 0 atom stereocenters. The lowest BCUT2D eigenvalue weighted by Crippen LogP contribution is -1.97. The molecular weight excluding hydrogens is 212 g/mol. The number of benzene rings is 1. The van der Waals surface area contributed by atoms with Gasteiger partial charge in [-0.25, -0.2) is 0 Å². The van der Waals surface area contributed by atoms with Crippen LogP contribution in [0.15, 0.2) is 0 Å². The molecular formula is C15H24O2. The van der Waals surface area contributed by atoms with Crippen LogP contribution in [-0.4, -0.2) is 10.2 Å². The Balaban J connectivity index is 2.92. The van der Waals surface area contributed by atoms with E-state index in [1.165, 1.54) is 19.3 Å². The van der Waals surface area contributed by atoms with Gasteiger partial charge in [-0.3, -0.25) is 0 Å². The number of phenolic OH excluding ortho intramolecular Hbond substituents is 2. The third-order valence-electron chi connectivity index (χ3n) is 3.65. The van der Waals surface area contributed by atoms with Crippen LogP contribution in [0.25, 0.3) is 0 Å². The van der Waals surface area contributed by atoms with Crippen molar-refractivity contribution in [2.45, 2.75) is 59.8 Å². The Morgan fingerprint density at radius 2 is 1.35 bits per heavy atom. The lowest BCUT2D eigenvalue weighted by atomic mass is 9.94. The Hall–Kier alpha value is -1.18. The number of hydrogen-bond donors (Lipinski definition) is 2. The lowest BCUT2D eigenvalue weighted by Gasteiger charge is -2.15. The van der Waals surface area contributed by atoms with Crippen LogP contribution in [0.1, 0.15) is 54.9 Å². The van der Waals surface area contributed by atoms with Crippen molar-refractivity contribution in [2.75, 3.05) is 0 Å². The van der Waals surface area contributed by atoms with Crippen molar-refractivity contribution in [3.05, 3.63) is 22.3 Å². The van der Waals surface area contributed by atoms with Gasteiger partial charge in [0.25, 0.3) is 0 Å².